The molecule has 276 valence electrons. The van der Waals surface area contributed by atoms with Crippen LogP contribution in [-0.2, 0) is 49.7 Å². The second-order valence-corrected chi connectivity index (χ2v) is 16.6. The van der Waals surface area contributed by atoms with Gasteiger partial charge in [0.1, 0.15) is 26.9 Å². The number of anilines is 2. The first-order valence-corrected chi connectivity index (χ1v) is 20.2. The Labute approximate surface area is 295 Å². The maximum atomic E-state index is 12.7. The normalized spacial score (nSPS) is 12.4. The predicted octanol–water partition coefficient (Wildman–Crippen LogP) is 3.02. The van der Waals surface area contributed by atoms with Crippen LogP contribution in [0.3, 0.4) is 0 Å². The molecule has 3 rings (SSSR count). The lowest BCUT2D eigenvalue weighted by Gasteiger charge is -2.11. The van der Waals surface area contributed by atoms with Crippen molar-refractivity contribution in [2.24, 2.45) is 20.5 Å². The molecule has 25 heteroatoms. The van der Waals surface area contributed by atoms with Gasteiger partial charge in [-0.3, -0.25) is 18.5 Å². The highest BCUT2D eigenvalue weighted by atomic mass is 32.2. The first-order valence-electron chi connectivity index (χ1n) is 13.4. The molecule has 9 N–H and O–H groups in total. The number of nitrogen functional groups attached to an aromatic ring is 2. The summed E-state index contributed by atoms with van der Waals surface area (Å²) >= 11 is 0.737. The van der Waals surface area contributed by atoms with Crippen LogP contribution in [0.4, 0.5) is 34.1 Å². The van der Waals surface area contributed by atoms with E-state index in [1.807, 2.05) is 0 Å². The largest absolute Gasteiger partial charge is 0.412 e. The van der Waals surface area contributed by atoms with Crippen LogP contribution in [0.15, 0.2) is 88.6 Å². The number of rotatable bonds is 13. The topological polar surface area (TPSA) is 357 Å². The first kappa shape index (κ1) is 42.8. The minimum absolute atomic E-state index is 0. The van der Waals surface area contributed by atoms with E-state index in [2.05, 4.69) is 25.7 Å². The molecule has 3 aromatic rings. The highest BCUT2D eigenvalue weighted by Gasteiger charge is 2.24. The first-order chi connectivity index (χ1) is 23.1. The van der Waals surface area contributed by atoms with Gasteiger partial charge < -0.3 is 21.7 Å². The van der Waals surface area contributed by atoms with Crippen LogP contribution in [0.25, 0.3) is 0 Å². The van der Waals surface area contributed by atoms with Gasteiger partial charge in [-0.05, 0) is 78.9 Å². The number of hydrogen-bond donors (Lipinski definition) is 5. The molecular weight excluding hydrogens is 781 g/mol. The smallest absolute Gasteiger partial charge is 0.347 e. The van der Waals surface area contributed by atoms with E-state index in [-0.39, 0.29) is 24.2 Å². The van der Waals surface area contributed by atoms with Gasteiger partial charge in [0.25, 0.3) is 20.2 Å². The summed E-state index contributed by atoms with van der Waals surface area (Å²) in [6, 6.07) is 8.92. The number of sulfone groups is 1. The van der Waals surface area contributed by atoms with Crippen molar-refractivity contribution in [3.63, 3.8) is 0 Å². The summed E-state index contributed by atoms with van der Waals surface area (Å²) in [5, 5.41) is 15.7. The Hall–Kier alpha value is -4.36. The zero-order chi connectivity index (χ0) is 37.5. The SMILES string of the molecule is CCOCCCS(=O)(=O)c1ccc(N=Nc2cc(S(=O)(=O)O)c(N)c(N=Nc3ccc(SC#CC(=O)S(=O)(=O)O)cc3)c2N)c(S(=O)(=O)O)c1.O. The molecule has 51 heavy (non-hydrogen) atoms. The molecule has 0 aliphatic carbocycles. The summed E-state index contributed by atoms with van der Waals surface area (Å²) in [4.78, 5) is 9.24. The molecule has 0 atom stereocenters. The van der Waals surface area contributed by atoms with Gasteiger partial charge in [0.05, 0.1) is 27.7 Å². The predicted molar refractivity (Wildman–Crippen MR) is 183 cm³/mol. The van der Waals surface area contributed by atoms with Gasteiger partial charge >= 0.3 is 15.2 Å². The monoisotopic (exact) mass is 808 g/mol. The summed E-state index contributed by atoms with van der Waals surface area (Å²) in [5.41, 5.74) is 9.44. The summed E-state index contributed by atoms with van der Waals surface area (Å²) in [5.74, 6) is 1.33. The van der Waals surface area contributed by atoms with Crippen LogP contribution >= 0.6 is 11.8 Å². The van der Waals surface area contributed by atoms with E-state index in [1.54, 1.807) is 12.8 Å². The van der Waals surface area contributed by atoms with E-state index < -0.39 is 94.2 Å². The molecular formula is C26H28N6O14S5. The highest BCUT2D eigenvalue weighted by Crippen LogP contribution is 2.43. The van der Waals surface area contributed by atoms with Crippen molar-refractivity contribution in [1.82, 2.24) is 0 Å². The lowest BCUT2D eigenvalue weighted by molar-refractivity contribution is -0.107. The van der Waals surface area contributed by atoms with Crippen molar-refractivity contribution in [3.8, 4) is 11.2 Å². The minimum atomic E-state index is -5.09. The van der Waals surface area contributed by atoms with Crippen molar-refractivity contribution in [1.29, 1.82) is 0 Å². The van der Waals surface area contributed by atoms with E-state index in [0.29, 0.717) is 23.6 Å². The molecule has 0 heterocycles. The van der Waals surface area contributed by atoms with Crippen molar-refractivity contribution < 1.29 is 62.3 Å². The molecule has 0 saturated heterocycles. The number of benzene rings is 3. The second-order valence-electron chi connectivity index (χ2n) is 9.50. The van der Waals surface area contributed by atoms with Gasteiger partial charge in [0.15, 0.2) is 9.84 Å². The molecule has 0 aliphatic heterocycles. The van der Waals surface area contributed by atoms with Crippen LogP contribution in [0.5, 0.6) is 0 Å². The maximum absolute atomic E-state index is 12.7. The molecule has 0 saturated carbocycles. The number of ether oxygens (including phenoxy) is 1. The molecule has 0 radical (unpaired) electrons. The fourth-order valence-corrected chi connectivity index (χ4v) is 7.09. The Morgan fingerprint density at radius 1 is 0.804 bits per heavy atom. The highest BCUT2D eigenvalue weighted by molar-refractivity contribution is 8.04. The number of azo groups is 2. The summed E-state index contributed by atoms with van der Waals surface area (Å²) in [6.07, 6.45) is 0.107. The van der Waals surface area contributed by atoms with Crippen LogP contribution in [0.1, 0.15) is 13.3 Å². The average molecular weight is 809 g/mol. The maximum Gasteiger partial charge on any atom is 0.347 e. The lowest BCUT2D eigenvalue weighted by atomic mass is 10.2. The fraction of sp³-hybridized carbons (Fsp3) is 0.192. The molecule has 0 unspecified atom stereocenters. The number of carbonyl (C=O) groups excluding carboxylic acids is 1. The third-order valence-corrected chi connectivity index (χ3v) is 10.9. The van der Waals surface area contributed by atoms with E-state index >= 15 is 0 Å². The molecule has 0 aromatic heterocycles. The van der Waals surface area contributed by atoms with Crippen molar-refractivity contribution in [2.75, 3.05) is 30.4 Å². The average Bonchev–Trinajstić information content (AvgIpc) is 3.01. The Morgan fingerprint density at radius 3 is 1.98 bits per heavy atom. The Balaban J connectivity index is 0.00000901. The van der Waals surface area contributed by atoms with Gasteiger partial charge in [-0.2, -0.15) is 30.4 Å². The van der Waals surface area contributed by atoms with E-state index in [4.69, 9.17) is 20.8 Å². The van der Waals surface area contributed by atoms with Crippen LogP contribution in [0.2, 0.25) is 0 Å². The summed E-state index contributed by atoms with van der Waals surface area (Å²) in [6.45, 7) is 2.23. The molecule has 0 amide bonds. The Kier molecular flexibility index (Phi) is 14.5. The van der Waals surface area contributed by atoms with Gasteiger partial charge in [-0.25, -0.2) is 8.42 Å². The van der Waals surface area contributed by atoms with Gasteiger partial charge in [-0.1, -0.05) is 0 Å². The lowest BCUT2D eigenvalue weighted by Crippen LogP contribution is -2.10. The third kappa shape index (κ3) is 11.9. The van der Waals surface area contributed by atoms with Crippen LogP contribution in [-0.4, -0.2) is 76.9 Å². The van der Waals surface area contributed by atoms with Gasteiger partial charge in [0, 0.05) is 24.0 Å². The Morgan fingerprint density at radius 2 is 1.41 bits per heavy atom. The van der Waals surface area contributed by atoms with Gasteiger partial charge in [0.2, 0.25) is 0 Å². The molecule has 0 fully saturated rings. The van der Waals surface area contributed by atoms with Crippen LogP contribution < -0.4 is 11.5 Å². The number of nitrogens with zero attached hydrogens (tertiary/aromatic N) is 4. The molecule has 20 nitrogen and oxygen atoms in total. The fourth-order valence-electron chi connectivity index (χ4n) is 3.64. The van der Waals surface area contributed by atoms with Crippen molar-refractivity contribution >= 4 is 91.2 Å². The van der Waals surface area contributed by atoms with Crippen molar-refractivity contribution in [3.05, 3.63) is 48.5 Å². The minimum Gasteiger partial charge on any atom is -0.412 e. The zero-order valence-electron chi connectivity index (χ0n) is 25.9. The molecule has 0 spiro atoms. The third-order valence-electron chi connectivity index (χ3n) is 6.00. The number of thioether (sulfide) groups is 1. The second kappa shape index (κ2) is 17.2. The molecule has 0 aliphatic rings. The quantitative estimate of drug-likeness (QED) is 0.0413. The standard InChI is InChI=1S/C26H26N6O13S5.H2O/c1-2-45-11-3-13-47(34,35)18-8-9-19(21(14-18)48(36,37)38)30-31-20-15-22(49(39,40)41)25(28)26(24(20)27)32-29-16-4-6-17(7-5-16)46-12-10-23(33)50(42,43)44;/h4-9,14-15H,2-3,11,13,27-28H2,1H3,(H,36,37,38)(H,39,40,41)(H,42,43,44);1H2. The molecule has 3 aromatic carbocycles. The summed E-state index contributed by atoms with van der Waals surface area (Å²) in [7, 11) is -19.1. The van der Waals surface area contributed by atoms with Gasteiger partial charge in [-0.15, -0.1) is 15.3 Å². The van der Waals surface area contributed by atoms with E-state index in [1.165, 1.54) is 24.3 Å². The van der Waals surface area contributed by atoms with E-state index in [9.17, 15) is 47.6 Å². The summed E-state index contributed by atoms with van der Waals surface area (Å²) < 4.78 is 129. The molecule has 0 bridgehead atoms. The Bertz CT molecular complexity index is 2370. The number of hydrogen-bond acceptors (Lipinski definition) is 17. The van der Waals surface area contributed by atoms with E-state index in [0.717, 1.165) is 23.9 Å². The van der Waals surface area contributed by atoms with Crippen LogP contribution in [0, 0.1) is 11.2 Å². The van der Waals surface area contributed by atoms with Crippen molar-refractivity contribution in [2.45, 2.75) is 32.9 Å². The number of carbonyl (C=O) groups is 1. The zero-order valence-corrected chi connectivity index (χ0v) is 29.9. The number of nitrogens with two attached hydrogens (primary N) is 2.